The van der Waals surface area contributed by atoms with Crippen molar-refractivity contribution in [2.75, 3.05) is 38.3 Å². The summed E-state index contributed by atoms with van der Waals surface area (Å²) >= 11 is 6.40. The first-order valence-electron chi connectivity index (χ1n) is 15.4. The van der Waals surface area contributed by atoms with Gasteiger partial charge in [0, 0.05) is 42.8 Å². The van der Waals surface area contributed by atoms with Gasteiger partial charge in [-0.25, -0.2) is 13.1 Å². The highest BCUT2D eigenvalue weighted by atomic mass is 35.5. The molecule has 1 saturated carbocycles. The Morgan fingerprint density at radius 1 is 1.19 bits per heavy atom. The number of ether oxygens (including phenoxy) is 2. The molecule has 2 bridgehead atoms. The molecule has 232 valence electrons. The number of rotatable bonds is 3. The number of hydrogen-bond acceptors (Lipinski definition) is 7. The van der Waals surface area contributed by atoms with E-state index in [9.17, 15) is 18.3 Å². The summed E-state index contributed by atoms with van der Waals surface area (Å²) in [5.74, 6) is 0.735. The maximum absolute atomic E-state index is 13.4. The number of nitrogens with zero attached hydrogens (tertiary/aromatic N) is 1. The highest BCUT2D eigenvalue weighted by molar-refractivity contribution is 7.90. The number of halogens is 1. The van der Waals surface area contributed by atoms with E-state index >= 15 is 0 Å². The van der Waals surface area contributed by atoms with Crippen molar-refractivity contribution in [1.82, 2.24) is 4.72 Å². The monoisotopic (exact) mass is 628 g/mol. The van der Waals surface area contributed by atoms with Gasteiger partial charge in [-0.2, -0.15) is 0 Å². The van der Waals surface area contributed by atoms with E-state index in [1.807, 2.05) is 12.1 Å². The van der Waals surface area contributed by atoms with Crippen LogP contribution < -0.4 is 14.4 Å². The molecule has 10 heteroatoms. The summed E-state index contributed by atoms with van der Waals surface area (Å²) in [4.78, 5) is 15.8. The molecule has 2 N–H and O–H groups in total. The molecule has 2 heterocycles. The normalized spacial score (nSPS) is 31.0. The van der Waals surface area contributed by atoms with Crippen LogP contribution in [0.1, 0.15) is 66.4 Å². The molecule has 4 aliphatic rings. The van der Waals surface area contributed by atoms with Gasteiger partial charge in [0.05, 0.1) is 23.6 Å². The van der Waals surface area contributed by atoms with E-state index in [4.69, 9.17) is 21.1 Å². The van der Waals surface area contributed by atoms with E-state index in [0.29, 0.717) is 43.6 Å². The summed E-state index contributed by atoms with van der Waals surface area (Å²) in [5.41, 5.74) is 3.34. The van der Waals surface area contributed by atoms with Gasteiger partial charge in [-0.15, -0.1) is 0 Å². The molecule has 2 aliphatic carbocycles. The zero-order chi connectivity index (χ0) is 30.2. The van der Waals surface area contributed by atoms with Crippen LogP contribution in [0.3, 0.4) is 0 Å². The van der Waals surface area contributed by atoms with Crippen LogP contribution in [0.4, 0.5) is 5.69 Å². The summed E-state index contributed by atoms with van der Waals surface area (Å²) in [7, 11) is -2.29. The molecule has 6 rings (SSSR count). The van der Waals surface area contributed by atoms with Crippen molar-refractivity contribution in [3.05, 3.63) is 70.3 Å². The minimum Gasteiger partial charge on any atom is -0.490 e. The Bertz CT molecular complexity index is 1500. The number of hydrogen-bond donors (Lipinski definition) is 2. The Labute approximate surface area is 259 Å². The van der Waals surface area contributed by atoms with Gasteiger partial charge in [-0.1, -0.05) is 29.8 Å². The molecular formula is C33H41ClN2O6S. The number of benzene rings is 2. The lowest BCUT2D eigenvalue weighted by Gasteiger charge is -2.46. The minimum atomic E-state index is -4.02. The molecule has 1 unspecified atom stereocenters. The number of aliphatic hydroxyl groups excluding tert-OH is 1. The molecule has 0 aromatic heterocycles. The second-order valence-corrected chi connectivity index (χ2v) is 15.0. The maximum atomic E-state index is 13.4. The van der Waals surface area contributed by atoms with Crippen LogP contribution in [0.15, 0.2) is 48.6 Å². The number of aryl methyl sites for hydroxylation is 1. The highest BCUT2D eigenvalue weighted by Gasteiger charge is 2.44. The van der Waals surface area contributed by atoms with Crippen LogP contribution in [0.2, 0.25) is 5.02 Å². The molecule has 0 radical (unpaired) electrons. The number of carbonyl (C=O) groups excluding carboxylic acids is 1. The largest absolute Gasteiger partial charge is 0.490 e. The zero-order valence-corrected chi connectivity index (χ0v) is 26.2. The number of allylic oxidation sites excluding steroid dienone is 1. The highest BCUT2D eigenvalue weighted by Crippen LogP contribution is 2.47. The van der Waals surface area contributed by atoms with Gasteiger partial charge in [0.1, 0.15) is 5.75 Å². The molecule has 2 aromatic carbocycles. The SMILES string of the molecule is CO[C@H]1/C=C/CCC(CCO)S(=O)(=O)NC(=O)c2ccc3c(c2)N(C[C@@H]2CC[C@H]21)C[C@@]1(CCCc2cc(Cl)ccc21)CO3. The van der Waals surface area contributed by atoms with Crippen molar-refractivity contribution < 1.29 is 27.8 Å². The fourth-order valence-electron chi connectivity index (χ4n) is 7.57. The third-order valence-electron chi connectivity index (χ3n) is 10.0. The summed E-state index contributed by atoms with van der Waals surface area (Å²) in [6.45, 7) is 1.72. The number of nitrogens with one attached hydrogen (secondary N) is 1. The number of anilines is 1. The van der Waals surface area contributed by atoms with Crippen molar-refractivity contribution in [2.24, 2.45) is 11.8 Å². The van der Waals surface area contributed by atoms with Gasteiger partial charge < -0.3 is 19.5 Å². The first-order chi connectivity index (χ1) is 20.7. The molecule has 2 aromatic rings. The Balaban J connectivity index is 1.42. The van der Waals surface area contributed by atoms with Gasteiger partial charge in [-0.05, 0) is 105 Å². The van der Waals surface area contributed by atoms with Crippen LogP contribution in [-0.4, -0.2) is 64.2 Å². The van der Waals surface area contributed by atoms with E-state index in [-0.39, 0.29) is 30.1 Å². The molecule has 0 saturated heterocycles. The van der Waals surface area contributed by atoms with E-state index in [2.05, 4.69) is 27.8 Å². The van der Waals surface area contributed by atoms with Crippen molar-refractivity contribution in [3.63, 3.8) is 0 Å². The Kier molecular flexibility index (Phi) is 8.79. The Hall–Kier alpha value is -2.59. The molecule has 1 amide bonds. The van der Waals surface area contributed by atoms with Gasteiger partial charge >= 0.3 is 0 Å². The molecule has 1 spiro atoms. The number of amides is 1. The maximum Gasteiger partial charge on any atom is 0.264 e. The van der Waals surface area contributed by atoms with E-state index in [1.54, 1.807) is 25.3 Å². The summed E-state index contributed by atoms with van der Waals surface area (Å²) in [6, 6.07) is 11.4. The molecule has 5 atom stereocenters. The predicted octanol–water partition coefficient (Wildman–Crippen LogP) is 5.01. The number of methoxy groups -OCH3 is 1. The molecule has 1 fully saturated rings. The topological polar surface area (TPSA) is 105 Å². The summed E-state index contributed by atoms with van der Waals surface area (Å²) < 4.78 is 41.3. The first-order valence-corrected chi connectivity index (χ1v) is 17.3. The zero-order valence-electron chi connectivity index (χ0n) is 24.6. The van der Waals surface area contributed by atoms with Crippen LogP contribution in [0.25, 0.3) is 0 Å². The predicted molar refractivity (Wildman–Crippen MR) is 167 cm³/mol. The first kappa shape index (κ1) is 30.4. The lowest BCUT2D eigenvalue weighted by molar-refractivity contribution is 0.0132. The van der Waals surface area contributed by atoms with Gasteiger partial charge in [0.25, 0.3) is 5.91 Å². The molecule has 2 aliphatic heterocycles. The average molecular weight is 629 g/mol. The van der Waals surface area contributed by atoms with Crippen LogP contribution in [0.5, 0.6) is 5.75 Å². The number of aliphatic hydroxyl groups is 1. The quantitative estimate of drug-likeness (QED) is 0.460. The van der Waals surface area contributed by atoms with Crippen molar-refractivity contribution >= 4 is 33.2 Å². The third-order valence-corrected chi connectivity index (χ3v) is 12.1. The second kappa shape index (κ2) is 12.4. The van der Waals surface area contributed by atoms with Crippen molar-refractivity contribution in [1.29, 1.82) is 0 Å². The standard InChI is InChI=1S/C33H41ClN2O6S/c1-41-30-7-3-2-6-26(14-16-37)43(39,40)35-32(38)23-9-13-31-29(18-23)36(19-24-8-11-27(24)30)20-33(21-42-31)15-4-5-22-17-25(34)10-12-28(22)33/h3,7,9-10,12-13,17-18,24,26-27,30,37H,2,4-6,8,11,14-16,19-21H2,1H3,(H,35,38)/b7-3+/t24-,26?,27+,30-,33-/m0/s1. The second-order valence-electron chi connectivity index (χ2n) is 12.6. The van der Waals surface area contributed by atoms with Gasteiger partial charge in [0.15, 0.2) is 0 Å². The van der Waals surface area contributed by atoms with Crippen LogP contribution >= 0.6 is 11.6 Å². The van der Waals surface area contributed by atoms with E-state index in [1.165, 1.54) is 11.1 Å². The van der Waals surface area contributed by atoms with E-state index in [0.717, 1.165) is 49.4 Å². The average Bonchev–Trinajstić information content (AvgIpc) is 3.12. The molecular weight excluding hydrogens is 588 g/mol. The molecule has 8 nitrogen and oxygen atoms in total. The minimum absolute atomic E-state index is 0.0510. The van der Waals surface area contributed by atoms with Gasteiger partial charge in [-0.3, -0.25) is 4.79 Å². The summed E-state index contributed by atoms with van der Waals surface area (Å²) in [5, 5.41) is 9.42. The lowest BCUT2D eigenvalue weighted by atomic mass is 9.68. The third kappa shape index (κ3) is 6.06. The smallest absolute Gasteiger partial charge is 0.264 e. The fraction of sp³-hybridized carbons (Fsp3) is 0.545. The molecule has 43 heavy (non-hydrogen) atoms. The Morgan fingerprint density at radius 2 is 2.05 bits per heavy atom. The van der Waals surface area contributed by atoms with E-state index < -0.39 is 21.2 Å². The van der Waals surface area contributed by atoms with Crippen molar-refractivity contribution in [3.8, 4) is 5.75 Å². The summed E-state index contributed by atoms with van der Waals surface area (Å²) in [6.07, 6.45) is 9.95. The van der Waals surface area contributed by atoms with Crippen LogP contribution in [-0.2, 0) is 26.6 Å². The van der Waals surface area contributed by atoms with Gasteiger partial charge in [0.2, 0.25) is 10.0 Å². The lowest BCUT2D eigenvalue weighted by Crippen LogP contribution is -2.49. The number of sulfonamides is 1. The number of carbonyl (C=O) groups is 1. The Morgan fingerprint density at radius 3 is 2.81 bits per heavy atom. The van der Waals surface area contributed by atoms with Crippen LogP contribution in [0, 0.1) is 11.8 Å². The number of fused-ring (bicyclic) bond motifs is 4. The van der Waals surface area contributed by atoms with Crippen molar-refractivity contribution in [2.45, 2.75) is 68.1 Å². The fourth-order valence-corrected chi connectivity index (χ4v) is 9.17.